The molecule has 1 aliphatic heterocycles. The fourth-order valence-corrected chi connectivity index (χ4v) is 4.20. The SMILES string of the molecule is Cc1ccccc1C(=O)NC1CCN(C(=O)c2ccccc2Nc2cccc(C(F)(F)F)c2)CC1. The van der Waals surface area contributed by atoms with Crippen LogP contribution in [-0.2, 0) is 6.18 Å². The van der Waals surface area contributed by atoms with E-state index in [1.54, 1.807) is 35.2 Å². The zero-order valence-electron chi connectivity index (χ0n) is 19.2. The highest BCUT2D eigenvalue weighted by atomic mass is 19.4. The van der Waals surface area contributed by atoms with E-state index in [0.717, 1.165) is 17.7 Å². The van der Waals surface area contributed by atoms with Gasteiger partial charge in [-0.3, -0.25) is 9.59 Å². The number of piperidine rings is 1. The molecule has 0 spiro atoms. The van der Waals surface area contributed by atoms with Crippen LogP contribution in [0.4, 0.5) is 24.5 Å². The summed E-state index contributed by atoms with van der Waals surface area (Å²) in [6, 6.07) is 19.0. The van der Waals surface area contributed by atoms with Crippen molar-refractivity contribution in [2.24, 2.45) is 0 Å². The number of aryl methyl sites for hydroxylation is 1. The molecule has 0 saturated carbocycles. The van der Waals surface area contributed by atoms with E-state index in [4.69, 9.17) is 0 Å². The van der Waals surface area contributed by atoms with Crippen LogP contribution in [0.1, 0.15) is 44.7 Å². The van der Waals surface area contributed by atoms with Gasteiger partial charge in [0.1, 0.15) is 0 Å². The fourth-order valence-electron chi connectivity index (χ4n) is 4.20. The van der Waals surface area contributed by atoms with Gasteiger partial charge in [-0.25, -0.2) is 0 Å². The van der Waals surface area contributed by atoms with Crippen LogP contribution in [0.15, 0.2) is 72.8 Å². The van der Waals surface area contributed by atoms with Crippen LogP contribution in [0.3, 0.4) is 0 Å². The number of anilines is 2. The summed E-state index contributed by atoms with van der Waals surface area (Å²) in [7, 11) is 0. The predicted molar refractivity (Wildman–Crippen MR) is 129 cm³/mol. The van der Waals surface area contributed by atoms with Crippen LogP contribution in [-0.4, -0.2) is 35.8 Å². The molecule has 2 amide bonds. The molecule has 0 bridgehead atoms. The van der Waals surface area contributed by atoms with Gasteiger partial charge in [0, 0.05) is 30.4 Å². The van der Waals surface area contributed by atoms with Gasteiger partial charge in [0.05, 0.1) is 16.8 Å². The van der Waals surface area contributed by atoms with Crippen molar-refractivity contribution in [3.8, 4) is 0 Å². The smallest absolute Gasteiger partial charge is 0.355 e. The maximum atomic E-state index is 13.3. The minimum atomic E-state index is -4.45. The molecule has 4 rings (SSSR count). The fraction of sp³-hybridized carbons (Fsp3) is 0.259. The average Bonchev–Trinajstić information content (AvgIpc) is 2.84. The third kappa shape index (κ3) is 5.82. The van der Waals surface area contributed by atoms with Crippen molar-refractivity contribution in [3.63, 3.8) is 0 Å². The lowest BCUT2D eigenvalue weighted by Crippen LogP contribution is -2.46. The number of amides is 2. The summed E-state index contributed by atoms with van der Waals surface area (Å²) in [4.78, 5) is 27.6. The molecule has 0 aliphatic carbocycles. The van der Waals surface area contributed by atoms with Gasteiger partial charge in [-0.2, -0.15) is 13.2 Å². The zero-order valence-corrected chi connectivity index (χ0v) is 19.2. The van der Waals surface area contributed by atoms with Crippen LogP contribution in [0.2, 0.25) is 0 Å². The van der Waals surface area contributed by atoms with E-state index in [-0.39, 0.29) is 23.5 Å². The van der Waals surface area contributed by atoms with Gasteiger partial charge in [-0.05, 0) is 61.7 Å². The molecule has 8 heteroatoms. The lowest BCUT2D eigenvalue weighted by atomic mass is 10.0. The molecule has 35 heavy (non-hydrogen) atoms. The number of hydrogen-bond acceptors (Lipinski definition) is 3. The van der Waals surface area contributed by atoms with Crippen molar-refractivity contribution in [1.29, 1.82) is 0 Å². The van der Waals surface area contributed by atoms with Crippen molar-refractivity contribution in [2.45, 2.75) is 32.0 Å². The molecule has 1 saturated heterocycles. The molecule has 0 aromatic heterocycles. The Morgan fingerprint density at radius 1 is 0.886 bits per heavy atom. The molecule has 1 aliphatic rings. The number of benzene rings is 3. The second kappa shape index (κ2) is 10.2. The van der Waals surface area contributed by atoms with Crippen molar-refractivity contribution >= 4 is 23.2 Å². The van der Waals surface area contributed by atoms with Crippen molar-refractivity contribution in [2.75, 3.05) is 18.4 Å². The minimum Gasteiger partial charge on any atom is -0.355 e. The van der Waals surface area contributed by atoms with Gasteiger partial charge in [-0.15, -0.1) is 0 Å². The zero-order chi connectivity index (χ0) is 25.0. The largest absolute Gasteiger partial charge is 0.416 e. The number of carbonyl (C=O) groups excluding carboxylic acids is 2. The lowest BCUT2D eigenvalue weighted by molar-refractivity contribution is -0.137. The van der Waals surface area contributed by atoms with Crippen LogP contribution in [0.25, 0.3) is 0 Å². The standard InChI is InChI=1S/C27H26F3N3O2/c1-18-7-2-3-10-22(18)25(34)32-20-13-15-33(16-14-20)26(35)23-11-4-5-12-24(23)31-21-9-6-8-19(17-21)27(28,29)30/h2-12,17,20,31H,13-16H2,1H3,(H,32,34). The van der Waals surface area contributed by atoms with Crippen molar-refractivity contribution in [3.05, 3.63) is 95.1 Å². The minimum absolute atomic E-state index is 0.0374. The molecule has 3 aromatic carbocycles. The second-order valence-corrected chi connectivity index (χ2v) is 8.60. The number of nitrogens with zero attached hydrogens (tertiary/aromatic N) is 1. The van der Waals surface area contributed by atoms with Crippen LogP contribution < -0.4 is 10.6 Å². The van der Waals surface area contributed by atoms with E-state index in [9.17, 15) is 22.8 Å². The number of carbonyl (C=O) groups is 2. The summed E-state index contributed by atoms with van der Waals surface area (Å²) in [5, 5.41) is 6.01. The van der Waals surface area contributed by atoms with Crippen LogP contribution in [0.5, 0.6) is 0 Å². The summed E-state index contributed by atoms with van der Waals surface area (Å²) >= 11 is 0. The van der Waals surface area contributed by atoms with Crippen LogP contribution in [0, 0.1) is 6.92 Å². The molecule has 0 atom stereocenters. The number of rotatable bonds is 5. The Morgan fingerprint density at radius 2 is 1.54 bits per heavy atom. The van der Waals surface area contributed by atoms with Gasteiger partial charge in [-0.1, -0.05) is 36.4 Å². The average molecular weight is 482 g/mol. The predicted octanol–water partition coefficient (Wildman–Crippen LogP) is 5.79. The first-order valence-corrected chi connectivity index (χ1v) is 11.4. The summed E-state index contributed by atoms with van der Waals surface area (Å²) in [6.45, 7) is 2.83. The Labute approximate surface area is 202 Å². The van der Waals surface area contributed by atoms with Gasteiger partial charge in [0.15, 0.2) is 0 Å². The topological polar surface area (TPSA) is 61.4 Å². The normalized spacial score (nSPS) is 14.5. The third-order valence-electron chi connectivity index (χ3n) is 6.13. The highest BCUT2D eigenvalue weighted by Gasteiger charge is 2.31. The third-order valence-corrected chi connectivity index (χ3v) is 6.13. The molecule has 1 fully saturated rings. The molecule has 0 unspecified atom stereocenters. The second-order valence-electron chi connectivity index (χ2n) is 8.60. The van der Waals surface area contributed by atoms with E-state index in [1.807, 2.05) is 25.1 Å². The van der Waals surface area contributed by atoms with E-state index < -0.39 is 11.7 Å². The van der Waals surface area contributed by atoms with Crippen LogP contribution >= 0.6 is 0 Å². The first kappa shape index (κ1) is 24.3. The molecule has 182 valence electrons. The first-order chi connectivity index (χ1) is 16.7. The maximum Gasteiger partial charge on any atom is 0.416 e. The summed E-state index contributed by atoms with van der Waals surface area (Å²) < 4.78 is 39.2. The molecule has 5 nitrogen and oxygen atoms in total. The van der Waals surface area contributed by atoms with Gasteiger partial charge in [0.25, 0.3) is 11.8 Å². The van der Waals surface area contributed by atoms with Gasteiger partial charge >= 0.3 is 6.18 Å². The summed E-state index contributed by atoms with van der Waals surface area (Å²) in [5.74, 6) is -0.327. The number of nitrogens with one attached hydrogen (secondary N) is 2. The Hall–Kier alpha value is -3.81. The highest BCUT2D eigenvalue weighted by molar-refractivity contribution is 6.00. The number of hydrogen-bond donors (Lipinski definition) is 2. The molecule has 2 N–H and O–H groups in total. The summed E-state index contributed by atoms with van der Waals surface area (Å²) in [5.41, 5.74) is 1.85. The van der Waals surface area contributed by atoms with E-state index >= 15 is 0 Å². The first-order valence-electron chi connectivity index (χ1n) is 11.4. The lowest BCUT2D eigenvalue weighted by Gasteiger charge is -2.33. The molecular weight excluding hydrogens is 455 g/mol. The Kier molecular flexibility index (Phi) is 7.10. The van der Waals surface area contributed by atoms with Gasteiger partial charge in [0.2, 0.25) is 0 Å². The molecular formula is C27H26F3N3O2. The molecule has 1 heterocycles. The summed E-state index contributed by atoms with van der Waals surface area (Å²) in [6.07, 6.45) is -3.22. The highest BCUT2D eigenvalue weighted by Crippen LogP contribution is 2.32. The van der Waals surface area contributed by atoms with E-state index in [0.29, 0.717) is 42.7 Å². The number of para-hydroxylation sites is 1. The number of halogens is 3. The van der Waals surface area contributed by atoms with E-state index in [1.165, 1.54) is 12.1 Å². The molecule has 0 radical (unpaired) electrons. The Morgan fingerprint density at radius 3 is 2.23 bits per heavy atom. The van der Waals surface area contributed by atoms with Crippen molar-refractivity contribution < 1.29 is 22.8 Å². The maximum absolute atomic E-state index is 13.3. The quantitative estimate of drug-likeness (QED) is 0.485. The van der Waals surface area contributed by atoms with Crippen molar-refractivity contribution in [1.82, 2.24) is 10.2 Å². The number of alkyl halides is 3. The monoisotopic (exact) mass is 481 g/mol. The Bertz CT molecular complexity index is 1220. The van der Waals surface area contributed by atoms with E-state index in [2.05, 4.69) is 10.6 Å². The Balaban J connectivity index is 1.40. The molecule has 3 aromatic rings. The van der Waals surface area contributed by atoms with Gasteiger partial charge < -0.3 is 15.5 Å². The number of likely N-dealkylation sites (tertiary alicyclic amines) is 1.